The van der Waals surface area contributed by atoms with Gasteiger partial charge in [0.15, 0.2) is 0 Å². The lowest BCUT2D eigenvalue weighted by molar-refractivity contribution is -0.672. The zero-order valence-electron chi connectivity index (χ0n) is 13.3. The van der Waals surface area contributed by atoms with Crippen molar-refractivity contribution in [3.05, 3.63) is 52.0 Å². The van der Waals surface area contributed by atoms with E-state index in [0.29, 0.717) is 17.0 Å². The summed E-state index contributed by atoms with van der Waals surface area (Å²) in [5.74, 6) is -0.736. The van der Waals surface area contributed by atoms with Crippen LogP contribution in [0, 0.1) is 5.21 Å². The summed E-state index contributed by atoms with van der Waals surface area (Å²) in [6, 6.07) is 6.60. The van der Waals surface area contributed by atoms with Gasteiger partial charge in [-0.1, -0.05) is 30.7 Å². The van der Waals surface area contributed by atoms with E-state index in [1.165, 1.54) is 23.9 Å². The number of aromatic nitrogens is 3. The molecule has 1 aromatic carbocycles. The number of piperidine rings is 1. The molecule has 7 nitrogen and oxygen atoms in total. The Bertz CT molecular complexity index is 821. The average molecular weight is 326 g/mol. The van der Waals surface area contributed by atoms with E-state index in [1.54, 1.807) is 24.3 Å². The van der Waals surface area contributed by atoms with Gasteiger partial charge in [0, 0.05) is 17.7 Å². The van der Waals surface area contributed by atoms with Gasteiger partial charge in [-0.05, 0) is 25.9 Å². The first-order chi connectivity index (χ1) is 11.7. The van der Waals surface area contributed by atoms with E-state index >= 15 is 0 Å². The zero-order chi connectivity index (χ0) is 16.7. The van der Waals surface area contributed by atoms with Gasteiger partial charge in [0.05, 0.1) is 5.21 Å². The fourth-order valence-corrected chi connectivity index (χ4v) is 3.53. The molecule has 0 radical (unpaired) electrons. The predicted octanol–water partition coefficient (Wildman–Crippen LogP) is 0.778. The normalized spacial score (nSPS) is 17.7. The van der Waals surface area contributed by atoms with Gasteiger partial charge in [-0.3, -0.25) is 14.5 Å². The van der Waals surface area contributed by atoms with Gasteiger partial charge in [-0.15, -0.1) is 9.53 Å². The molecular weight excluding hydrogens is 308 g/mol. The van der Waals surface area contributed by atoms with Crippen molar-refractivity contribution < 1.29 is 14.4 Å². The highest BCUT2D eigenvalue weighted by Gasteiger charge is 2.41. The standard InChI is InChI=1S/C17H18N4O3/c22-16-12-6-2-3-7-13(12)17(23)15-14(16)20(18-21(15)24)11-10-19-8-4-1-5-9-19/h2-3,6-7H,1,4-5,8-11H2. The summed E-state index contributed by atoms with van der Waals surface area (Å²) in [5.41, 5.74) is 0.577. The molecule has 0 unspecified atom stereocenters. The summed E-state index contributed by atoms with van der Waals surface area (Å²) in [5, 5.41) is 16.0. The molecular formula is C17H18N4O3. The second kappa shape index (κ2) is 5.83. The van der Waals surface area contributed by atoms with Gasteiger partial charge in [0.25, 0.3) is 11.4 Å². The lowest BCUT2D eigenvalue weighted by Crippen LogP contribution is -2.38. The van der Waals surface area contributed by atoms with Gasteiger partial charge in [0.2, 0.25) is 11.6 Å². The molecule has 1 saturated heterocycles. The minimum absolute atomic E-state index is 0.116. The van der Waals surface area contributed by atoms with Crippen LogP contribution < -0.4 is 4.85 Å². The number of ketones is 2. The first kappa shape index (κ1) is 15.0. The van der Waals surface area contributed by atoms with E-state index in [4.69, 9.17) is 0 Å². The van der Waals surface area contributed by atoms with Gasteiger partial charge < -0.3 is 5.21 Å². The summed E-state index contributed by atoms with van der Waals surface area (Å²) in [6.45, 7) is 3.20. The topological polar surface area (TPSA) is 82.1 Å². The van der Waals surface area contributed by atoms with Crippen LogP contribution in [0.15, 0.2) is 24.3 Å². The zero-order valence-corrected chi connectivity index (χ0v) is 13.3. The Morgan fingerprint density at radius 3 is 2.38 bits per heavy atom. The maximum absolute atomic E-state index is 12.8. The highest BCUT2D eigenvalue weighted by Crippen LogP contribution is 2.25. The SMILES string of the molecule is O=C1c2ccccc2C(=O)c2c1n(CCN1CCCCC1)n[n+]2[O-]. The molecule has 0 spiro atoms. The highest BCUT2D eigenvalue weighted by atomic mass is 16.5. The number of likely N-dealkylation sites (tertiary alicyclic amines) is 1. The minimum atomic E-state index is -0.431. The molecule has 2 heterocycles. The van der Waals surface area contributed by atoms with Crippen molar-refractivity contribution in [3.8, 4) is 0 Å². The molecule has 0 bridgehead atoms. The Labute approximate surface area is 139 Å². The van der Waals surface area contributed by atoms with E-state index in [9.17, 15) is 14.8 Å². The Kier molecular flexibility index (Phi) is 3.65. The van der Waals surface area contributed by atoms with Gasteiger partial charge in [-0.25, -0.2) is 0 Å². The monoisotopic (exact) mass is 326 g/mol. The molecule has 0 saturated carbocycles. The third-order valence-electron chi connectivity index (χ3n) is 4.79. The summed E-state index contributed by atoms with van der Waals surface area (Å²) in [6.07, 6.45) is 3.59. The van der Waals surface area contributed by atoms with E-state index < -0.39 is 5.78 Å². The maximum atomic E-state index is 12.8. The predicted molar refractivity (Wildman–Crippen MR) is 84.8 cm³/mol. The number of hydrogen-bond donors (Lipinski definition) is 0. The van der Waals surface area contributed by atoms with Crippen molar-refractivity contribution in [1.29, 1.82) is 0 Å². The van der Waals surface area contributed by atoms with Crippen LogP contribution in [-0.4, -0.2) is 46.0 Å². The molecule has 124 valence electrons. The number of nitrogens with zero attached hydrogens (tertiary/aromatic N) is 4. The highest BCUT2D eigenvalue weighted by molar-refractivity contribution is 6.26. The molecule has 1 aliphatic heterocycles. The summed E-state index contributed by atoms with van der Waals surface area (Å²) in [4.78, 5) is 27.9. The van der Waals surface area contributed by atoms with E-state index in [0.717, 1.165) is 19.6 Å². The second-order valence-corrected chi connectivity index (χ2v) is 6.29. The molecule has 1 aromatic heterocycles. The molecule has 1 fully saturated rings. The molecule has 0 N–H and O–H groups in total. The van der Waals surface area contributed by atoms with Crippen molar-refractivity contribution in [2.24, 2.45) is 0 Å². The van der Waals surface area contributed by atoms with Crippen LogP contribution >= 0.6 is 0 Å². The Morgan fingerprint density at radius 2 is 1.67 bits per heavy atom. The Morgan fingerprint density at radius 1 is 1.00 bits per heavy atom. The number of carbonyl (C=O) groups is 2. The molecule has 2 aromatic rings. The minimum Gasteiger partial charge on any atom is -0.691 e. The smallest absolute Gasteiger partial charge is 0.254 e. The van der Waals surface area contributed by atoms with Crippen molar-refractivity contribution in [3.63, 3.8) is 0 Å². The first-order valence-electron chi connectivity index (χ1n) is 8.28. The van der Waals surface area contributed by atoms with Crippen molar-refractivity contribution in [1.82, 2.24) is 14.8 Å². The van der Waals surface area contributed by atoms with Gasteiger partial charge in [-0.2, -0.15) is 0 Å². The van der Waals surface area contributed by atoms with E-state index in [2.05, 4.69) is 10.1 Å². The Balaban J connectivity index is 1.67. The van der Waals surface area contributed by atoms with Crippen molar-refractivity contribution in [2.45, 2.75) is 25.8 Å². The van der Waals surface area contributed by atoms with Crippen LogP contribution in [0.25, 0.3) is 0 Å². The van der Waals surface area contributed by atoms with Crippen molar-refractivity contribution >= 4 is 11.6 Å². The fourth-order valence-electron chi connectivity index (χ4n) is 3.53. The molecule has 4 rings (SSSR count). The lowest BCUT2D eigenvalue weighted by Gasteiger charge is -2.25. The van der Waals surface area contributed by atoms with E-state index in [1.807, 2.05) is 0 Å². The third kappa shape index (κ3) is 2.32. The van der Waals surface area contributed by atoms with Gasteiger partial charge in [0.1, 0.15) is 6.54 Å². The van der Waals surface area contributed by atoms with Crippen LogP contribution in [0.5, 0.6) is 0 Å². The van der Waals surface area contributed by atoms with Crippen LogP contribution in [0.1, 0.15) is 51.4 Å². The quantitative estimate of drug-likeness (QED) is 0.525. The summed E-state index contributed by atoms with van der Waals surface area (Å²) < 4.78 is 1.40. The fraction of sp³-hybridized carbons (Fsp3) is 0.412. The second-order valence-electron chi connectivity index (χ2n) is 6.29. The van der Waals surface area contributed by atoms with Crippen molar-refractivity contribution in [2.75, 3.05) is 19.6 Å². The van der Waals surface area contributed by atoms with Crippen LogP contribution in [-0.2, 0) is 6.54 Å². The molecule has 2 aliphatic rings. The number of hydrogen-bond acceptors (Lipinski definition) is 5. The molecule has 7 heteroatoms. The molecule has 0 amide bonds. The van der Waals surface area contributed by atoms with Crippen LogP contribution in [0.3, 0.4) is 0 Å². The largest absolute Gasteiger partial charge is 0.691 e. The number of rotatable bonds is 3. The number of fused-ring (bicyclic) bond motifs is 2. The third-order valence-corrected chi connectivity index (χ3v) is 4.79. The van der Waals surface area contributed by atoms with Crippen LogP contribution in [0.2, 0.25) is 0 Å². The molecule has 0 atom stereocenters. The molecule has 24 heavy (non-hydrogen) atoms. The lowest BCUT2D eigenvalue weighted by atomic mass is 9.90. The maximum Gasteiger partial charge on any atom is 0.254 e. The number of benzene rings is 1. The van der Waals surface area contributed by atoms with E-state index in [-0.39, 0.29) is 22.7 Å². The summed E-state index contributed by atoms with van der Waals surface area (Å²) >= 11 is 0. The Hall–Kier alpha value is -2.54. The van der Waals surface area contributed by atoms with Crippen LogP contribution in [0.4, 0.5) is 0 Å². The average Bonchev–Trinajstić information content (AvgIpc) is 2.95. The molecule has 1 aliphatic carbocycles. The summed E-state index contributed by atoms with van der Waals surface area (Å²) in [7, 11) is 0. The number of carbonyl (C=O) groups excluding carboxylic acids is 2. The first-order valence-corrected chi connectivity index (χ1v) is 8.28. The van der Waals surface area contributed by atoms with Gasteiger partial charge >= 0.3 is 0 Å².